The molecule has 1 heterocycles. The van der Waals surface area contributed by atoms with E-state index in [0.717, 1.165) is 0 Å². The smallest absolute Gasteiger partial charge is 0.170 e. The molecule has 0 spiro atoms. The number of nitrogens with zero attached hydrogens (tertiary/aromatic N) is 4. The largest absolute Gasteiger partial charge is 0.494 e. The van der Waals surface area contributed by atoms with E-state index in [-0.39, 0.29) is 11.4 Å². The molecule has 0 amide bonds. The molecular weight excluding hydrogens is 261 g/mol. The summed E-state index contributed by atoms with van der Waals surface area (Å²) < 4.78 is 19.9. The van der Waals surface area contributed by atoms with Crippen LogP contribution in [0.1, 0.15) is 26.6 Å². The Bertz CT molecular complexity index is 591. The highest BCUT2D eigenvalue weighted by Gasteiger charge is 2.16. The molecule has 6 nitrogen and oxygen atoms in total. The van der Waals surface area contributed by atoms with Crippen LogP contribution < -0.4 is 10.1 Å². The molecule has 2 rings (SSSR count). The summed E-state index contributed by atoms with van der Waals surface area (Å²) >= 11 is 0. The predicted molar refractivity (Wildman–Crippen MR) is 72.3 cm³/mol. The van der Waals surface area contributed by atoms with E-state index in [1.807, 2.05) is 0 Å². The molecule has 0 atom stereocenters. The molecule has 0 radical (unpaired) electrons. The molecule has 1 aromatic heterocycles. The summed E-state index contributed by atoms with van der Waals surface area (Å²) in [6.07, 6.45) is 0. The van der Waals surface area contributed by atoms with Crippen LogP contribution in [-0.2, 0) is 6.54 Å². The van der Waals surface area contributed by atoms with E-state index in [1.54, 1.807) is 6.07 Å². The summed E-state index contributed by atoms with van der Waals surface area (Å²) in [5.41, 5.74) is 0.550. The fourth-order valence-corrected chi connectivity index (χ4v) is 1.67. The zero-order valence-electron chi connectivity index (χ0n) is 12.0. The van der Waals surface area contributed by atoms with Crippen LogP contribution in [0.2, 0.25) is 0 Å². The third kappa shape index (κ3) is 3.30. The van der Waals surface area contributed by atoms with Gasteiger partial charge < -0.3 is 10.1 Å². The molecule has 108 valence electrons. The Balaban J connectivity index is 2.32. The molecule has 0 unspecified atom stereocenters. The lowest BCUT2D eigenvalue weighted by atomic mass is 10.1. The molecule has 1 aromatic carbocycles. The van der Waals surface area contributed by atoms with Crippen molar-refractivity contribution in [1.29, 1.82) is 0 Å². The highest BCUT2D eigenvalue weighted by molar-refractivity contribution is 5.46. The van der Waals surface area contributed by atoms with Crippen molar-refractivity contribution >= 4 is 0 Å². The highest BCUT2D eigenvalue weighted by Crippen LogP contribution is 2.23. The van der Waals surface area contributed by atoms with Gasteiger partial charge in [-0.1, -0.05) is 0 Å². The number of benzene rings is 1. The Labute approximate surface area is 116 Å². The standard InChI is InChI=1S/C13H18FN5O/c1-13(2,3)15-8-12-16-17-18-19(12)10-6-5-9(14)7-11(10)20-4/h5-7,15H,8H2,1-4H3. The number of methoxy groups -OCH3 is 1. The van der Waals surface area contributed by atoms with Crippen molar-refractivity contribution in [1.82, 2.24) is 25.5 Å². The second kappa shape index (κ2) is 5.54. The van der Waals surface area contributed by atoms with E-state index in [0.29, 0.717) is 23.8 Å². The molecule has 0 saturated carbocycles. The molecule has 2 aromatic rings. The van der Waals surface area contributed by atoms with Crippen molar-refractivity contribution in [2.24, 2.45) is 0 Å². The van der Waals surface area contributed by atoms with E-state index in [2.05, 4.69) is 41.6 Å². The normalized spacial score (nSPS) is 11.7. The molecule has 0 aliphatic carbocycles. The quantitative estimate of drug-likeness (QED) is 0.922. The molecule has 1 N–H and O–H groups in total. The number of ether oxygens (including phenoxy) is 1. The number of hydrogen-bond donors (Lipinski definition) is 1. The van der Waals surface area contributed by atoms with Gasteiger partial charge >= 0.3 is 0 Å². The average molecular weight is 279 g/mol. The van der Waals surface area contributed by atoms with Crippen LogP contribution in [0.3, 0.4) is 0 Å². The third-order valence-electron chi connectivity index (χ3n) is 2.68. The minimum Gasteiger partial charge on any atom is -0.494 e. The van der Waals surface area contributed by atoms with Gasteiger partial charge in [0, 0.05) is 11.6 Å². The van der Waals surface area contributed by atoms with Crippen LogP contribution in [0, 0.1) is 5.82 Å². The molecule has 7 heteroatoms. The fraction of sp³-hybridized carbons (Fsp3) is 0.462. The van der Waals surface area contributed by atoms with E-state index in [4.69, 9.17) is 4.74 Å². The maximum absolute atomic E-state index is 13.2. The summed E-state index contributed by atoms with van der Waals surface area (Å²) in [6, 6.07) is 4.24. The van der Waals surface area contributed by atoms with Crippen molar-refractivity contribution in [3.8, 4) is 11.4 Å². The van der Waals surface area contributed by atoms with E-state index >= 15 is 0 Å². The van der Waals surface area contributed by atoms with Gasteiger partial charge in [-0.2, -0.15) is 4.68 Å². The Morgan fingerprint density at radius 1 is 1.35 bits per heavy atom. The van der Waals surface area contributed by atoms with Gasteiger partial charge in [-0.25, -0.2) is 4.39 Å². The maximum atomic E-state index is 13.2. The van der Waals surface area contributed by atoms with Crippen LogP contribution in [0.5, 0.6) is 5.75 Å². The van der Waals surface area contributed by atoms with E-state index in [1.165, 1.54) is 23.9 Å². The van der Waals surface area contributed by atoms with Crippen molar-refractivity contribution < 1.29 is 9.13 Å². The van der Waals surface area contributed by atoms with Crippen LogP contribution >= 0.6 is 0 Å². The molecule has 0 bridgehead atoms. The lowest BCUT2D eigenvalue weighted by Gasteiger charge is -2.20. The maximum Gasteiger partial charge on any atom is 0.170 e. The first kappa shape index (κ1) is 14.4. The van der Waals surface area contributed by atoms with Crippen molar-refractivity contribution in [3.05, 3.63) is 29.8 Å². The Kier molecular flexibility index (Phi) is 3.99. The highest BCUT2D eigenvalue weighted by atomic mass is 19.1. The number of nitrogens with one attached hydrogen (secondary N) is 1. The van der Waals surface area contributed by atoms with Gasteiger partial charge in [0.25, 0.3) is 0 Å². The average Bonchev–Trinajstić information content (AvgIpc) is 2.83. The predicted octanol–water partition coefficient (Wildman–Crippen LogP) is 1.70. The minimum atomic E-state index is -0.368. The summed E-state index contributed by atoms with van der Waals surface area (Å²) in [5.74, 6) is 0.646. The second-order valence-electron chi connectivity index (χ2n) is 5.43. The van der Waals surface area contributed by atoms with Gasteiger partial charge in [0.15, 0.2) is 5.82 Å². The Hall–Kier alpha value is -2.02. The molecule has 0 fully saturated rings. The number of halogens is 1. The van der Waals surface area contributed by atoms with E-state index in [9.17, 15) is 4.39 Å². The first-order chi connectivity index (χ1) is 9.40. The van der Waals surface area contributed by atoms with Gasteiger partial charge in [0.1, 0.15) is 17.3 Å². The van der Waals surface area contributed by atoms with Crippen molar-refractivity contribution in [2.45, 2.75) is 32.9 Å². The first-order valence-electron chi connectivity index (χ1n) is 6.27. The van der Waals surface area contributed by atoms with Crippen LogP contribution in [0.15, 0.2) is 18.2 Å². The lowest BCUT2D eigenvalue weighted by Crippen LogP contribution is -2.36. The minimum absolute atomic E-state index is 0.0519. The number of tetrazole rings is 1. The molecule has 0 aliphatic rings. The van der Waals surface area contributed by atoms with Gasteiger partial charge in [-0.05, 0) is 43.3 Å². The van der Waals surface area contributed by atoms with Crippen molar-refractivity contribution in [3.63, 3.8) is 0 Å². The summed E-state index contributed by atoms with van der Waals surface area (Å²) in [7, 11) is 1.48. The topological polar surface area (TPSA) is 64.9 Å². The lowest BCUT2D eigenvalue weighted by molar-refractivity contribution is 0.402. The van der Waals surface area contributed by atoms with E-state index < -0.39 is 0 Å². The summed E-state index contributed by atoms with van der Waals surface area (Å²) in [6.45, 7) is 6.66. The SMILES string of the molecule is COc1cc(F)ccc1-n1nnnc1CNC(C)(C)C. The number of hydrogen-bond acceptors (Lipinski definition) is 5. The Morgan fingerprint density at radius 2 is 2.10 bits per heavy atom. The van der Waals surface area contributed by atoms with Gasteiger partial charge in [0.05, 0.1) is 13.7 Å². The monoisotopic (exact) mass is 279 g/mol. The fourth-order valence-electron chi connectivity index (χ4n) is 1.67. The molecule has 0 aliphatic heterocycles. The number of aromatic nitrogens is 4. The van der Waals surface area contributed by atoms with Crippen LogP contribution in [0.25, 0.3) is 5.69 Å². The van der Waals surface area contributed by atoms with Crippen molar-refractivity contribution in [2.75, 3.05) is 7.11 Å². The second-order valence-corrected chi connectivity index (χ2v) is 5.43. The molecule has 20 heavy (non-hydrogen) atoms. The molecular formula is C13H18FN5O. The number of rotatable bonds is 4. The first-order valence-corrected chi connectivity index (χ1v) is 6.27. The van der Waals surface area contributed by atoms with Crippen LogP contribution in [-0.4, -0.2) is 32.9 Å². The zero-order chi connectivity index (χ0) is 14.8. The summed E-state index contributed by atoms with van der Waals surface area (Å²) in [5, 5.41) is 14.9. The van der Waals surface area contributed by atoms with Gasteiger partial charge in [-0.15, -0.1) is 5.10 Å². The zero-order valence-corrected chi connectivity index (χ0v) is 12.0. The van der Waals surface area contributed by atoms with Crippen LogP contribution in [0.4, 0.5) is 4.39 Å². The Morgan fingerprint density at radius 3 is 2.75 bits per heavy atom. The third-order valence-corrected chi connectivity index (χ3v) is 2.68. The summed E-state index contributed by atoms with van der Waals surface area (Å²) in [4.78, 5) is 0. The molecule has 0 saturated heterocycles. The van der Waals surface area contributed by atoms with Gasteiger partial charge in [0.2, 0.25) is 0 Å². The van der Waals surface area contributed by atoms with Gasteiger partial charge in [-0.3, -0.25) is 0 Å².